The van der Waals surface area contributed by atoms with E-state index < -0.39 is 17.6 Å². The molecule has 31 heavy (non-hydrogen) atoms. The molecule has 0 atom stereocenters. The minimum Gasteiger partial charge on any atom is -0.332 e. The normalized spacial score (nSPS) is 11.0. The third-order valence-corrected chi connectivity index (χ3v) is 4.76. The molecule has 0 saturated carbocycles. The molecule has 0 heterocycles. The number of carbonyl (C=O) groups excluding carboxylic acids is 1. The first-order valence-electron chi connectivity index (χ1n) is 8.73. The van der Waals surface area contributed by atoms with Gasteiger partial charge in [0.25, 0.3) is 5.91 Å². The monoisotopic (exact) mass is 483 g/mol. The Labute approximate surface area is 191 Å². The lowest BCUT2D eigenvalue weighted by molar-refractivity contribution is -0.137. The minimum absolute atomic E-state index is 0.0350. The molecule has 0 fully saturated rings. The highest BCUT2D eigenvalue weighted by molar-refractivity contribution is 7.80. The highest BCUT2D eigenvalue weighted by Gasteiger charge is 2.30. The maximum atomic E-state index is 12.8. The van der Waals surface area contributed by atoms with Gasteiger partial charge < -0.3 is 16.0 Å². The summed E-state index contributed by atoms with van der Waals surface area (Å²) >= 11 is 17.2. The van der Waals surface area contributed by atoms with Crippen LogP contribution in [-0.2, 0) is 6.18 Å². The predicted molar refractivity (Wildman–Crippen MR) is 122 cm³/mol. The van der Waals surface area contributed by atoms with E-state index in [0.29, 0.717) is 21.4 Å². The second-order valence-electron chi connectivity index (χ2n) is 6.32. The van der Waals surface area contributed by atoms with Crippen LogP contribution >= 0.6 is 35.4 Å². The molecule has 3 N–H and O–H groups in total. The summed E-state index contributed by atoms with van der Waals surface area (Å²) < 4.78 is 38.5. The summed E-state index contributed by atoms with van der Waals surface area (Å²) in [6.45, 7) is 0. The molecule has 10 heteroatoms. The molecule has 0 radical (unpaired) electrons. The van der Waals surface area contributed by atoms with Crippen LogP contribution in [0.15, 0.2) is 66.7 Å². The van der Waals surface area contributed by atoms with Crippen molar-refractivity contribution in [2.75, 3.05) is 16.0 Å². The molecule has 0 saturated heterocycles. The van der Waals surface area contributed by atoms with Crippen LogP contribution in [0.2, 0.25) is 10.0 Å². The van der Waals surface area contributed by atoms with Crippen LogP contribution in [0, 0.1) is 0 Å². The van der Waals surface area contributed by atoms with Gasteiger partial charge in [0, 0.05) is 22.0 Å². The lowest BCUT2D eigenvalue weighted by Crippen LogP contribution is -2.20. The van der Waals surface area contributed by atoms with Crippen molar-refractivity contribution in [1.82, 2.24) is 0 Å². The molecule has 0 aliphatic carbocycles. The van der Waals surface area contributed by atoms with Crippen LogP contribution in [-0.4, -0.2) is 11.0 Å². The maximum absolute atomic E-state index is 12.8. The van der Waals surface area contributed by atoms with Crippen LogP contribution in [0.1, 0.15) is 15.9 Å². The zero-order valence-electron chi connectivity index (χ0n) is 15.6. The van der Waals surface area contributed by atoms with Crippen molar-refractivity contribution in [3.63, 3.8) is 0 Å². The van der Waals surface area contributed by atoms with E-state index in [2.05, 4.69) is 16.0 Å². The van der Waals surface area contributed by atoms with Gasteiger partial charge in [0.1, 0.15) is 0 Å². The molecule has 0 unspecified atom stereocenters. The van der Waals surface area contributed by atoms with Crippen LogP contribution in [0.4, 0.5) is 30.2 Å². The van der Waals surface area contributed by atoms with E-state index in [-0.39, 0.29) is 16.4 Å². The summed E-state index contributed by atoms with van der Waals surface area (Å²) in [5, 5.41) is 9.38. The molecule has 1 amide bonds. The van der Waals surface area contributed by atoms with Gasteiger partial charge in [-0.1, -0.05) is 35.3 Å². The number of benzene rings is 3. The van der Waals surface area contributed by atoms with Crippen molar-refractivity contribution >= 4 is 63.5 Å². The Morgan fingerprint density at radius 3 is 2.19 bits per heavy atom. The molecule has 0 aliphatic heterocycles. The Balaban J connectivity index is 1.68. The summed E-state index contributed by atoms with van der Waals surface area (Å²) in [5.41, 5.74) is 0.460. The second kappa shape index (κ2) is 9.55. The van der Waals surface area contributed by atoms with Crippen molar-refractivity contribution in [3.8, 4) is 0 Å². The topological polar surface area (TPSA) is 53.2 Å². The van der Waals surface area contributed by atoms with Gasteiger partial charge >= 0.3 is 6.18 Å². The molecule has 0 aliphatic rings. The third-order valence-electron chi connectivity index (χ3n) is 4.01. The van der Waals surface area contributed by atoms with E-state index in [4.69, 9.17) is 35.4 Å². The quantitative estimate of drug-likeness (QED) is 0.347. The first-order chi connectivity index (χ1) is 14.6. The Kier molecular flexibility index (Phi) is 7.04. The van der Waals surface area contributed by atoms with Crippen molar-refractivity contribution in [2.24, 2.45) is 0 Å². The summed E-state index contributed by atoms with van der Waals surface area (Å²) in [4.78, 5) is 12.5. The lowest BCUT2D eigenvalue weighted by atomic mass is 10.1. The number of halogens is 5. The molecule has 0 spiro atoms. The van der Waals surface area contributed by atoms with Crippen LogP contribution in [0.3, 0.4) is 0 Å². The number of carbonyl (C=O) groups is 1. The number of hydrogen-bond donors (Lipinski definition) is 3. The molecule has 4 nitrogen and oxygen atoms in total. The van der Waals surface area contributed by atoms with Crippen molar-refractivity contribution in [1.29, 1.82) is 0 Å². The molecular weight excluding hydrogens is 470 g/mol. The molecule has 0 bridgehead atoms. The largest absolute Gasteiger partial charge is 0.416 e. The maximum Gasteiger partial charge on any atom is 0.416 e. The summed E-state index contributed by atoms with van der Waals surface area (Å²) in [7, 11) is 0. The van der Waals surface area contributed by atoms with Crippen LogP contribution in [0.25, 0.3) is 0 Å². The van der Waals surface area contributed by atoms with E-state index in [1.807, 2.05) is 0 Å². The fourth-order valence-electron chi connectivity index (χ4n) is 2.59. The van der Waals surface area contributed by atoms with Crippen LogP contribution < -0.4 is 16.0 Å². The first kappa shape index (κ1) is 22.9. The Morgan fingerprint density at radius 2 is 1.52 bits per heavy atom. The average Bonchev–Trinajstić information content (AvgIpc) is 2.70. The highest BCUT2D eigenvalue weighted by Crippen LogP contribution is 2.31. The van der Waals surface area contributed by atoms with Gasteiger partial charge in [-0.3, -0.25) is 4.79 Å². The third kappa shape index (κ3) is 6.33. The summed E-state index contributed by atoms with van der Waals surface area (Å²) in [6.07, 6.45) is -4.50. The standard InChI is InChI=1S/C21H14Cl2F3N3OS/c22-14-7-8-18(17(23)11-14)29-20(31)28-15-5-1-3-12(9-15)19(30)27-16-6-2-4-13(10-16)21(24,25)26/h1-11H,(H,27,30)(H2,28,29,31). The Hall–Kier alpha value is -2.81. The van der Waals surface area contributed by atoms with Gasteiger partial charge in [-0.05, 0) is 66.8 Å². The fraction of sp³-hybridized carbons (Fsp3) is 0.0476. The van der Waals surface area contributed by atoms with E-state index in [1.165, 1.54) is 24.3 Å². The fourth-order valence-corrected chi connectivity index (χ4v) is 3.27. The number of hydrogen-bond acceptors (Lipinski definition) is 2. The van der Waals surface area contributed by atoms with Crippen molar-refractivity contribution < 1.29 is 18.0 Å². The van der Waals surface area contributed by atoms with E-state index in [9.17, 15) is 18.0 Å². The highest BCUT2D eigenvalue weighted by atomic mass is 35.5. The number of alkyl halides is 3. The summed E-state index contributed by atoms with van der Waals surface area (Å²) in [5.74, 6) is -0.567. The van der Waals surface area contributed by atoms with Crippen molar-refractivity contribution in [2.45, 2.75) is 6.18 Å². The van der Waals surface area contributed by atoms with Gasteiger partial charge in [-0.15, -0.1) is 0 Å². The Bertz CT molecular complexity index is 1140. The number of nitrogens with one attached hydrogen (secondary N) is 3. The molecule has 0 aromatic heterocycles. The number of rotatable bonds is 4. The predicted octanol–water partition coefficient (Wildman–Crippen LogP) is 7.07. The molecule has 160 valence electrons. The zero-order chi connectivity index (χ0) is 22.6. The number of amides is 1. The van der Waals surface area contributed by atoms with Gasteiger partial charge in [0.15, 0.2) is 5.11 Å². The Morgan fingerprint density at radius 1 is 0.839 bits per heavy atom. The SMILES string of the molecule is O=C(Nc1cccc(C(F)(F)F)c1)c1cccc(NC(=S)Nc2ccc(Cl)cc2Cl)c1. The van der Waals surface area contributed by atoms with E-state index in [1.54, 1.807) is 30.3 Å². The van der Waals surface area contributed by atoms with E-state index >= 15 is 0 Å². The number of thiocarbonyl (C=S) groups is 1. The van der Waals surface area contributed by atoms with Gasteiger partial charge in [-0.2, -0.15) is 13.2 Å². The molecular formula is C21H14Cl2F3N3OS. The van der Waals surface area contributed by atoms with Gasteiger partial charge in [0.05, 0.1) is 16.3 Å². The first-order valence-corrected chi connectivity index (χ1v) is 9.90. The second-order valence-corrected chi connectivity index (χ2v) is 7.57. The molecule has 3 rings (SSSR count). The van der Waals surface area contributed by atoms with Gasteiger partial charge in [-0.25, -0.2) is 0 Å². The van der Waals surface area contributed by atoms with Crippen molar-refractivity contribution in [3.05, 3.63) is 87.9 Å². The zero-order valence-corrected chi connectivity index (χ0v) is 17.9. The smallest absolute Gasteiger partial charge is 0.332 e. The van der Waals surface area contributed by atoms with Crippen LogP contribution in [0.5, 0.6) is 0 Å². The number of anilines is 3. The lowest BCUT2D eigenvalue weighted by Gasteiger charge is -2.13. The van der Waals surface area contributed by atoms with Gasteiger partial charge in [0.2, 0.25) is 0 Å². The van der Waals surface area contributed by atoms with E-state index in [0.717, 1.165) is 12.1 Å². The summed E-state index contributed by atoms with van der Waals surface area (Å²) in [6, 6.07) is 15.6. The molecule has 3 aromatic carbocycles. The minimum atomic E-state index is -4.50. The average molecular weight is 484 g/mol. The molecule has 3 aromatic rings.